The van der Waals surface area contributed by atoms with Crippen LogP contribution in [0.4, 0.5) is 5.69 Å². The molecule has 5 heteroatoms. The minimum atomic E-state index is -0.588. The van der Waals surface area contributed by atoms with Gasteiger partial charge in [0.1, 0.15) is 6.04 Å². The minimum Gasteiger partial charge on any atom is -0.371 e. The molecular formula is C24H21N3O2. The maximum absolute atomic E-state index is 13.5. The van der Waals surface area contributed by atoms with Crippen LogP contribution < -0.4 is 10.6 Å². The molecule has 4 rings (SSSR count). The summed E-state index contributed by atoms with van der Waals surface area (Å²) < 4.78 is 0. The Morgan fingerprint density at radius 1 is 0.897 bits per heavy atom. The van der Waals surface area contributed by atoms with E-state index in [0.717, 1.165) is 16.5 Å². The molecule has 0 saturated heterocycles. The lowest BCUT2D eigenvalue weighted by molar-refractivity contribution is 0.0959. The van der Waals surface area contributed by atoms with Crippen molar-refractivity contribution < 1.29 is 9.59 Å². The van der Waals surface area contributed by atoms with E-state index in [-0.39, 0.29) is 11.7 Å². The zero-order valence-corrected chi connectivity index (χ0v) is 16.0. The number of H-pyrrole nitrogens is 1. The van der Waals surface area contributed by atoms with Crippen LogP contribution in [0.25, 0.3) is 10.9 Å². The van der Waals surface area contributed by atoms with Crippen LogP contribution in [-0.4, -0.2) is 23.7 Å². The molecule has 0 unspecified atom stereocenters. The lowest BCUT2D eigenvalue weighted by atomic mass is 9.96. The summed E-state index contributed by atoms with van der Waals surface area (Å²) in [6, 6.07) is 23.9. The van der Waals surface area contributed by atoms with Crippen LogP contribution in [0.15, 0.2) is 85.1 Å². The van der Waals surface area contributed by atoms with Gasteiger partial charge in [0, 0.05) is 41.0 Å². The third kappa shape index (κ3) is 3.75. The summed E-state index contributed by atoms with van der Waals surface area (Å²) in [7, 11) is 1.59. The fourth-order valence-electron chi connectivity index (χ4n) is 3.44. The fourth-order valence-corrected chi connectivity index (χ4v) is 3.44. The third-order valence-corrected chi connectivity index (χ3v) is 4.91. The summed E-state index contributed by atoms with van der Waals surface area (Å²) in [5, 5.41) is 6.83. The third-order valence-electron chi connectivity index (χ3n) is 4.91. The number of carbonyl (C=O) groups is 2. The molecule has 1 amide bonds. The van der Waals surface area contributed by atoms with Gasteiger partial charge in [-0.25, -0.2) is 0 Å². The average Bonchev–Trinajstić information content (AvgIpc) is 3.21. The second-order valence-corrected chi connectivity index (χ2v) is 6.76. The SMILES string of the molecule is CNC(=O)c1cccc(N[C@H](C(=O)c2c[nH]c3ccccc23)c2ccccc2)c1. The Bertz CT molecular complexity index is 1160. The first kappa shape index (κ1) is 18.5. The number of carbonyl (C=O) groups excluding carboxylic acids is 2. The Labute approximate surface area is 168 Å². The topological polar surface area (TPSA) is 74.0 Å². The number of aromatic nitrogens is 1. The molecule has 0 aliphatic rings. The van der Waals surface area contributed by atoms with Crippen molar-refractivity contribution in [2.75, 3.05) is 12.4 Å². The molecular weight excluding hydrogens is 362 g/mol. The Balaban J connectivity index is 1.73. The van der Waals surface area contributed by atoms with Gasteiger partial charge in [-0.05, 0) is 29.8 Å². The zero-order valence-electron chi connectivity index (χ0n) is 16.0. The van der Waals surface area contributed by atoms with Gasteiger partial charge in [-0.1, -0.05) is 54.6 Å². The van der Waals surface area contributed by atoms with Gasteiger partial charge < -0.3 is 15.6 Å². The number of amides is 1. The molecule has 0 saturated carbocycles. The fraction of sp³-hybridized carbons (Fsp3) is 0.0833. The van der Waals surface area contributed by atoms with Gasteiger partial charge in [0.05, 0.1) is 0 Å². The minimum absolute atomic E-state index is 0.0426. The molecule has 0 aliphatic heterocycles. The molecule has 0 radical (unpaired) electrons. The predicted molar refractivity (Wildman–Crippen MR) is 115 cm³/mol. The van der Waals surface area contributed by atoms with Crippen molar-refractivity contribution in [1.29, 1.82) is 0 Å². The second-order valence-electron chi connectivity index (χ2n) is 6.76. The monoisotopic (exact) mass is 383 g/mol. The highest BCUT2D eigenvalue weighted by atomic mass is 16.1. The second kappa shape index (κ2) is 8.02. The summed E-state index contributed by atoms with van der Waals surface area (Å²) in [5.41, 5.74) is 3.64. The number of aromatic amines is 1. The number of Topliss-reactive ketones (excluding diaryl/α,β-unsaturated/α-hetero) is 1. The quantitative estimate of drug-likeness (QED) is 0.427. The van der Waals surface area contributed by atoms with Gasteiger partial charge in [-0.15, -0.1) is 0 Å². The lowest BCUT2D eigenvalue weighted by Gasteiger charge is -2.19. The molecule has 3 aromatic carbocycles. The highest BCUT2D eigenvalue weighted by Gasteiger charge is 2.24. The van der Waals surface area contributed by atoms with Crippen molar-refractivity contribution in [2.24, 2.45) is 0 Å². The number of para-hydroxylation sites is 1. The first-order valence-electron chi connectivity index (χ1n) is 9.41. The number of nitrogens with one attached hydrogen (secondary N) is 3. The van der Waals surface area contributed by atoms with Crippen molar-refractivity contribution in [3.05, 3.63) is 102 Å². The van der Waals surface area contributed by atoms with Crippen molar-refractivity contribution >= 4 is 28.3 Å². The van der Waals surface area contributed by atoms with Gasteiger partial charge in [0.2, 0.25) is 0 Å². The number of ketones is 1. The Morgan fingerprint density at radius 3 is 2.45 bits per heavy atom. The maximum Gasteiger partial charge on any atom is 0.251 e. The van der Waals surface area contributed by atoms with Gasteiger partial charge in [-0.3, -0.25) is 9.59 Å². The van der Waals surface area contributed by atoms with Crippen LogP contribution in [-0.2, 0) is 0 Å². The van der Waals surface area contributed by atoms with E-state index in [0.29, 0.717) is 16.8 Å². The van der Waals surface area contributed by atoms with E-state index in [2.05, 4.69) is 15.6 Å². The molecule has 3 N–H and O–H groups in total. The van der Waals surface area contributed by atoms with E-state index < -0.39 is 6.04 Å². The molecule has 29 heavy (non-hydrogen) atoms. The first-order chi connectivity index (χ1) is 14.2. The van der Waals surface area contributed by atoms with Crippen LogP contribution in [0.5, 0.6) is 0 Å². The summed E-state index contributed by atoms with van der Waals surface area (Å²) in [4.78, 5) is 28.7. The number of hydrogen-bond donors (Lipinski definition) is 3. The molecule has 1 atom stereocenters. The lowest BCUT2D eigenvalue weighted by Crippen LogP contribution is -2.22. The van der Waals surface area contributed by atoms with E-state index in [9.17, 15) is 9.59 Å². The van der Waals surface area contributed by atoms with Crippen LogP contribution >= 0.6 is 0 Å². The Kier molecular flexibility index (Phi) is 5.12. The van der Waals surface area contributed by atoms with Crippen molar-refractivity contribution in [3.8, 4) is 0 Å². The van der Waals surface area contributed by atoms with E-state index in [1.807, 2.05) is 60.7 Å². The van der Waals surface area contributed by atoms with E-state index in [1.165, 1.54) is 0 Å². The summed E-state index contributed by atoms with van der Waals surface area (Å²) in [6.07, 6.45) is 1.76. The largest absolute Gasteiger partial charge is 0.371 e. The molecule has 1 aromatic heterocycles. The first-order valence-corrected chi connectivity index (χ1v) is 9.41. The molecule has 1 heterocycles. The van der Waals surface area contributed by atoms with Crippen molar-refractivity contribution in [3.63, 3.8) is 0 Å². The van der Waals surface area contributed by atoms with E-state index in [1.54, 1.807) is 31.4 Å². The average molecular weight is 383 g/mol. The summed E-state index contributed by atoms with van der Waals surface area (Å²) >= 11 is 0. The zero-order chi connectivity index (χ0) is 20.2. The number of fused-ring (bicyclic) bond motifs is 1. The van der Waals surface area contributed by atoms with Crippen LogP contribution in [0.2, 0.25) is 0 Å². The van der Waals surface area contributed by atoms with Gasteiger partial charge in [0.25, 0.3) is 5.91 Å². The Morgan fingerprint density at radius 2 is 1.66 bits per heavy atom. The summed E-state index contributed by atoms with van der Waals surface area (Å²) in [6.45, 7) is 0. The molecule has 5 nitrogen and oxygen atoms in total. The van der Waals surface area contributed by atoms with Gasteiger partial charge in [-0.2, -0.15) is 0 Å². The van der Waals surface area contributed by atoms with Crippen LogP contribution in [0.3, 0.4) is 0 Å². The molecule has 4 aromatic rings. The summed E-state index contributed by atoms with van der Waals surface area (Å²) in [5.74, 6) is -0.216. The van der Waals surface area contributed by atoms with Crippen LogP contribution in [0, 0.1) is 0 Å². The molecule has 0 spiro atoms. The Hall–Kier alpha value is -3.86. The normalized spacial score (nSPS) is 11.8. The van der Waals surface area contributed by atoms with Crippen LogP contribution in [0.1, 0.15) is 32.3 Å². The molecule has 0 bridgehead atoms. The van der Waals surface area contributed by atoms with Gasteiger partial charge >= 0.3 is 0 Å². The molecule has 144 valence electrons. The highest BCUT2D eigenvalue weighted by molar-refractivity contribution is 6.11. The molecule has 0 aliphatic carbocycles. The standard InChI is InChI=1S/C24H21N3O2/c1-25-24(29)17-10-7-11-18(14-17)27-22(16-8-3-2-4-9-16)23(28)20-15-26-21-13-6-5-12-19(20)21/h2-15,22,26-27H,1H3,(H,25,29)/t22-/m0/s1. The van der Waals surface area contributed by atoms with Crippen molar-refractivity contribution in [1.82, 2.24) is 10.3 Å². The van der Waals surface area contributed by atoms with E-state index >= 15 is 0 Å². The van der Waals surface area contributed by atoms with Crippen molar-refractivity contribution in [2.45, 2.75) is 6.04 Å². The maximum atomic E-state index is 13.5. The predicted octanol–water partition coefficient (Wildman–Crippen LogP) is 4.56. The number of rotatable bonds is 6. The van der Waals surface area contributed by atoms with E-state index in [4.69, 9.17) is 0 Å². The highest BCUT2D eigenvalue weighted by Crippen LogP contribution is 2.28. The van der Waals surface area contributed by atoms with Gasteiger partial charge in [0.15, 0.2) is 5.78 Å². The molecule has 0 fully saturated rings. The number of benzene rings is 3. The number of hydrogen-bond acceptors (Lipinski definition) is 3. The smallest absolute Gasteiger partial charge is 0.251 e. The number of anilines is 1.